The van der Waals surface area contributed by atoms with Gasteiger partial charge in [0.2, 0.25) is 0 Å². The van der Waals surface area contributed by atoms with Gasteiger partial charge in [-0.1, -0.05) is 0 Å². The molecule has 0 atom stereocenters. The summed E-state index contributed by atoms with van der Waals surface area (Å²) in [5.41, 5.74) is 1.29. The van der Waals surface area contributed by atoms with Gasteiger partial charge in [0.15, 0.2) is 0 Å². The second-order valence-electron chi connectivity index (χ2n) is 4.91. The number of hydrogen-bond acceptors (Lipinski definition) is 3. The Morgan fingerprint density at radius 1 is 1.06 bits per heavy atom. The van der Waals surface area contributed by atoms with E-state index in [9.17, 15) is 0 Å². The molecule has 0 radical (unpaired) electrons. The van der Waals surface area contributed by atoms with Gasteiger partial charge in [0.1, 0.15) is 11.5 Å². The van der Waals surface area contributed by atoms with E-state index in [-0.39, 0.29) is 0 Å². The van der Waals surface area contributed by atoms with Gasteiger partial charge >= 0.3 is 0 Å². The summed E-state index contributed by atoms with van der Waals surface area (Å²) < 4.78 is 10.5. The molecule has 0 heterocycles. The maximum Gasteiger partial charge on any atom is 0.122 e. The van der Waals surface area contributed by atoms with Crippen molar-refractivity contribution in [1.29, 1.82) is 0 Å². The number of rotatable bonds is 8. The lowest BCUT2D eigenvalue weighted by Crippen LogP contribution is -2.17. The molecule has 0 saturated heterocycles. The van der Waals surface area contributed by atoms with E-state index in [1.165, 1.54) is 31.2 Å². The monoisotopic (exact) mass is 249 g/mol. The van der Waals surface area contributed by atoms with Crippen molar-refractivity contribution in [2.45, 2.75) is 38.1 Å². The Kier molecular flexibility index (Phi) is 4.88. The smallest absolute Gasteiger partial charge is 0.122 e. The Balaban J connectivity index is 1.75. The predicted octanol–water partition coefficient (Wildman–Crippen LogP) is 2.78. The van der Waals surface area contributed by atoms with Gasteiger partial charge in [0, 0.05) is 12.1 Å². The minimum absolute atomic E-state index is 0.821. The molecule has 0 unspecified atom stereocenters. The van der Waals surface area contributed by atoms with E-state index in [1.54, 1.807) is 14.2 Å². The van der Waals surface area contributed by atoms with Crippen LogP contribution in [0.1, 0.15) is 31.2 Å². The van der Waals surface area contributed by atoms with Crippen LogP contribution in [-0.4, -0.2) is 26.8 Å². The number of methoxy groups -OCH3 is 2. The maximum atomic E-state index is 5.27. The molecule has 2 rings (SSSR count). The first-order valence-electron chi connectivity index (χ1n) is 6.77. The molecule has 1 N–H and O–H groups in total. The fourth-order valence-corrected chi connectivity index (χ4v) is 2.06. The molecule has 3 heteroatoms. The molecule has 1 fully saturated rings. The minimum Gasteiger partial charge on any atom is -0.497 e. The number of ether oxygens (including phenoxy) is 2. The second kappa shape index (κ2) is 6.64. The van der Waals surface area contributed by atoms with Crippen LogP contribution in [0.25, 0.3) is 0 Å². The van der Waals surface area contributed by atoms with E-state index >= 15 is 0 Å². The molecule has 0 bridgehead atoms. The van der Waals surface area contributed by atoms with Crippen LogP contribution in [0, 0.1) is 0 Å². The van der Waals surface area contributed by atoms with Gasteiger partial charge in [-0.15, -0.1) is 0 Å². The molecule has 1 aliphatic rings. The van der Waals surface area contributed by atoms with Crippen LogP contribution in [0.15, 0.2) is 18.2 Å². The van der Waals surface area contributed by atoms with E-state index in [4.69, 9.17) is 9.47 Å². The third-order valence-electron chi connectivity index (χ3n) is 3.31. The summed E-state index contributed by atoms with van der Waals surface area (Å²) in [6, 6.07) is 6.92. The van der Waals surface area contributed by atoms with Gasteiger partial charge in [-0.05, 0) is 56.3 Å². The van der Waals surface area contributed by atoms with Gasteiger partial charge in [0.05, 0.1) is 14.2 Å². The van der Waals surface area contributed by atoms with Crippen LogP contribution in [0.3, 0.4) is 0 Å². The van der Waals surface area contributed by atoms with Crippen molar-refractivity contribution in [3.05, 3.63) is 23.8 Å². The first-order chi connectivity index (χ1) is 8.81. The molecule has 0 amide bonds. The molecule has 1 aromatic rings. The summed E-state index contributed by atoms with van der Waals surface area (Å²) in [6.07, 6.45) is 6.26. The fraction of sp³-hybridized carbons (Fsp3) is 0.600. The topological polar surface area (TPSA) is 30.5 Å². The maximum absolute atomic E-state index is 5.27. The number of benzene rings is 1. The van der Waals surface area contributed by atoms with Crippen LogP contribution >= 0.6 is 0 Å². The van der Waals surface area contributed by atoms with Gasteiger partial charge in [-0.3, -0.25) is 0 Å². The molecule has 100 valence electrons. The molecular formula is C15H23NO2. The molecule has 0 aliphatic heterocycles. The zero-order valence-electron chi connectivity index (χ0n) is 11.4. The molecule has 3 nitrogen and oxygen atoms in total. The Hall–Kier alpha value is -1.22. The summed E-state index contributed by atoms with van der Waals surface area (Å²) in [5.74, 6) is 1.75. The Bertz CT molecular complexity index is 353. The summed E-state index contributed by atoms with van der Waals surface area (Å²) in [7, 11) is 3.39. The standard InChI is InChI=1S/C15H23NO2/c1-17-14-9-12(10-15(11-14)18-2)5-3-4-8-16-13-6-7-13/h9-11,13,16H,3-8H2,1-2H3. The van der Waals surface area contributed by atoms with Crippen LogP contribution < -0.4 is 14.8 Å². The summed E-state index contributed by atoms with van der Waals surface area (Å²) in [4.78, 5) is 0. The van der Waals surface area contributed by atoms with E-state index in [0.29, 0.717) is 0 Å². The molecule has 1 aromatic carbocycles. The Morgan fingerprint density at radius 2 is 1.72 bits per heavy atom. The van der Waals surface area contributed by atoms with Crippen molar-refractivity contribution in [3.8, 4) is 11.5 Å². The van der Waals surface area contributed by atoms with Gasteiger partial charge in [0.25, 0.3) is 0 Å². The molecule has 1 saturated carbocycles. The van der Waals surface area contributed by atoms with E-state index in [2.05, 4.69) is 17.4 Å². The van der Waals surface area contributed by atoms with Crippen molar-refractivity contribution < 1.29 is 9.47 Å². The average Bonchev–Trinajstić information content (AvgIpc) is 3.22. The normalized spacial score (nSPS) is 14.6. The van der Waals surface area contributed by atoms with Crippen LogP contribution in [0.5, 0.6) is 11.5 Å². The van der Waals surface area contributed by atoms with E-state index in [1.807, 2.05) is 6.07 Å². The van der Waals surface area contributed by atoms with E-state index < -0.39 is 0 Å². The molecule has 0 aromatic heterocycles. The van der Waals surface area contributed by atoms with Crippen LogP contribution in [0.4, 0.5) is 0 Å². The zero-order valence-corrected chi connectivity index (χ0v) is 11.4. The second-order valence-corrected chi connectivity index (χ2v) is 4.91. The van der Waals surface area contributed by atoms with Crippen molar-refractivity contribution in [3.63, 3.8) is 0 Å². The molecular weight excluding hydrogens is 226 g/mol. The average molecular weight is 249 g/mol. The van der Waals surface area contributed by atoms with Crippen LogP contribution in [0.2, 0.25) is 0 Å². The van der Waals surface area contributed by atoms with Gasteiger partial charge in [-0.2, -0.15) is 0 Å². The van der Waals surface area contributed by atoms with E-state index in [0.717, 1.165) is 30.5 Å². The zero-order chi connectivity index (χ0) is 12.8. The largest absolute Gasteiger partial charge is 0.497 e. The lowest BCUT2D eigenvalue weighted by Gasteiger charge is -2.08. The highest BCUT2D eigenvalue weighted by molar-refractivity contribution is 5.38. The number of nitrogens with one attached hydrogen (secondary N) is 1. The predicted molar refractivity (Wildman–Crippen MR) is 73.5 cm³/mol. The SMILES string of the molecule is COc1cc(CCCCNC2CC2)cc(OC)c1. The Morgan fingerprint density at radius 3 is 2.28 bits per heavy atom. The van der Waals surface area contributed by atoms with Crippen molar-refractivity contribution in [1.82, 2.24) is 5.32 Å². The number of unbranched alkanes of at least 4 members (excludes halogenated alkanes) is 1. The summed E-state index contributed by atoms with van der Waals surface area (Å²) in [6.45, 7) is 1.14. The fourth-order valence-electron chi connectivity index (χ4n) is 2.06. The molecule has 18 heavy (non-hydrogen) atoms. The third-order valence-corrected chi connectivity index (χ3v) is 3.31. The molecule has 1 aliphatic carbocycles. The van der Waals surface area contributed by atoms with Gasteiger partial charge in [-0.25, -0.2) is 0 Å². The first kappa shape index (κ1) is 13.2. The summed E-state index contributed by atoms with van der Waals surface area (Å²) in [5, 5.41) is 3.54. The first-order valence-corrected chi connectivity index (χ1v) is 6.77. The Labute approximate surface area is 109 Å². The highest BCUT2D eigenvalue weighted by atomic mass is 16.5. The highest BCUT2D eigenvalue weighted by Gasteiger charge is 2.19. The quantitative estimate of drug-likeness (QED) is 0.719. The van der Waals surface area contributed by atoms with Gasteiger partial charge < -0.3 is 14.8 Å². The number of aryl methyl sites for hydroxylation is 1. The van der Waals surface area contributed by atoms with Crippen LogP contribution in [-0.2, 0) is 6.42 Å². The van der Waals surface area contributed by atoms with Crippen molar-refractivity contribution in [2.24, 2.45) is 0 Å². The lowest BCUT2D eigenvalue weighted by atomic mass is 10.1. The summed E-state index contributed by atoms with van der Waals surface area (Å²) >= 11 is 0. The number of hydrogen-bond donors (Lipinski definition) is 1. The van der Waals surface area contributed by atoms with Crippen molar-refractivity contribution in [2.75, 3.05) is 20.8 Å². The third kappa shape index (κ3) is 4.22. The minimum atomic E-state index is 0.821. The molecule has 0 spiro atoms. The van der Waals surface area contributed by atoms with Crippen molar-refractivity contribution >= 4 is 0 Å². The highest BCUT2D eigenvalue weighted by Crippen LogP contribution is 2.23. The lowest BCUT2D eigenvalue weighted by molar-refractivity contribution is 0.393.